The summed E-state index contributed by atoms with van der Waals surface area (Å²) in [5, 5.41) is 0.161. The Kier molecular flexibility index (Phi) is 3.38. The number of hydrogen-bond donors (Lipinski definition) is 1. The van der Waals surface area contributed by atoms with E-state index in [2.05, 4.69) is 45.7 Å². The highest BCUT2D eigenvalue weighted by molar-refractivity contribution is 6.28. The molecule has 0 aliphatic heterocycles. The van der Waals surface area contributed by atoms with Crippen molar-refractivity contribution in [3.05, 3.63) is 11.6 Å². The largest absolute Gasteiger partial charge is 0.340 e. The zero-order chi connectivity index (χ0) is 12.4. The van der Waals surface area contributed by atoms with Crippen molar-refractivity contribution in [1.29, 1.82) is 0 Å². The van der Waals surface area contributed by atoms with Crippen molar-refractivity contribution < 1.29 is 0 Å². The van der Waals surface area contributed by atoms with Crippen LogP contribution in [0.4, 0.5) is 5.82 Å². The molecule has 0 saturated carbocycles. The minimum Gasteiger partial charge on any atom is -0.340 e. The second-order valence-electron chi connectivity index (χ2n) is 4.30. The molecule has 2 aromatic rings. The molecule has 0 unspecified atom stereocenters. The van der Waals surface area contributed by atoms with Crippen molar-refractivity contribution in [2.24, 2.45) is 16.8 Å². The number of halogens is 1. The minimum absolute atomic E-state index is 0.161. The molecule has 2 aromatic heterocycles. The SMILES string of the molecule is CC(C)[C@@H](C)C=Nc1nc(Cl)nc2nc[nH]c12. The molecule has 1 N–H and O–H groups in total. The van der Waals surface area contributed by atoms with Gasteiger partial charge in [0.2, 0.25) is 5.28 Å². The van der Waals surface area contributed by atoms with Crippen LogP contribution in [0.5, 0.6) is 0 Å². The Balaban J connectivity index is 2.38. The predicted molar refractivity (Wildman–Crippen MR) is 68.8 cm³/mol. The number of hydrogen-bond acceptors (Lipinski definition) is 4. The first kappa shape index (κ1) is 12.0. The van der Waals surface area contributed by atoms with Gasteiger partial charge in [0.1, 0.15) is 5.52 Å². The molecule has 5 nitrogen and oxygen atoms in total. The van der Waals surface area contributed by atoms with E-state index in [-0.39, 0.29) is 5.28 Å². The highest BCUT2D eigenvalue weighted by atomic mass is 35.5. The molecule has 0 radical (unpaired) electrons. The van der Waals surface area contributed by atoms with Gasteiger partial charge in [-0.3, -0.25) is 0 Å². The molecular formula is C11H14ClN5. The lowest BCUT2D eigenvalue weighted by atomic mass is 10.00. The standard InChI is InChI=1S/C11H14ClN5/c1-6(2)7(3)4-13-9-8-10(15-5-14-8)17-11(12)16-9/h4-7H,1-3H3,(H,14,15,16,17)/t7-/m0/s1. The number of rotatable bonds is 3. The summed E-state index contributed by atoms with van der Waals surface area (Å²) in [5.74, 6) is 1.44. The van der Waals surface area contributed by atoms with E-state index in [9.17, 15) is 0 Å². The van der Waals surface area contributed by atoms with Crippen molar-refractivity contribution in [2.75, 3.05) is 0 Å². The van der Waals surface area contributed by atoms with Crippen molar-refractivity contribution in [1.82, 2.24) is 19.9 Å². The molecule has 2 rings (SSSR count). The van der Waals surface area contributed by atoms with Gasteiger partial charge in [0.05, 0.1) is 6.33 Å². The van der Waals surface area contributed by atoms with Gasteiger partial charge in [-0.15, -0.1) is 0 Å². The molecule has 90 valence electrons. The van der Waals surface area contributed by atoms with E-state index in [0.717, 1.165) is 0 Å². The normalized spacial score (nSPS) is 13.9. The van der Waals surface area contributed by atoms with Crippen LogP contribution in [-0.2, 0) is 0 Å². The summed E-state index contributed by atoms with van der Waals surface area (Å²) in [7, 11) is 0. The summed E-state index contributed by atoms with van der Waals surface area (Å²) >= 11 is 5.81. The Morgan fingerprint density at radius 3 is 2.82 bits per heavy atom. The smallest absolute Gasteiger partial charge is 0.226 e. The van der Waals surface area contributed by atoms with E-state index in [0.29, 0.717) is 28.8 Å². The summed E-state index contributed by atoms with van der Waals surface area (Å²) in [6, 6.07) is 0. The number of H-pyrrole nitrogens is 1. The van der Waals surface area contributed by atoms with Crippen LogP contribution in [-0.4, -0.2) is 26.2 Å². The Bertz CT molecular complexity index is 546. The molecule has 0 aromatic carbocycles. The van der Waals surface area contributed by atoms with Crippen molar-refractivity contribution in [3.8, 4) is 0 Å². The summed E-state index contributed by atoms with van der Waals surface area (Å²) in [5.41, 5.74) is 1.25. The van der Waals surface area contributed by atoms with Gasteiger partial charge in [-0.2, -0.15) is 9.97 Å². The number of fused-ring (bicyclic) bond motifs is 1. The molecule has 17 heavy (non-hydrogen) atoms. The van der Waals surface area contributed by atoms with Gasteiger partial charge in [0, 0.05) is 6.21 Å². The fourth-order valence-corrected chi connectivity index (χ4v) is 1.41. The number of nitrogens with one attached hydrogen (secondary N) is 1. The first-order valence-corrected chi connectivity index (χ1v) is 5.86. The predicted octanol–water partition coefficient (Wildman–Crippen LogP) is 3.00. The van der Waals surface area contributed by atoms with E-state index < -0.39 is 0 Å². The third-order valence-corrected chi connectivity index (χ3v) is 2.89. The van der Waals surface area contributed by atoms with Crippen LogP contribution in [0.15, 0.2) is 11.3 Å². The Labute approximate surface area is 104 Å². The van der Waals surface area contributed by atoms with Gasteiger partial charge in [-0.1, -0.05) is 20.8 Å². The van der Waals surface area contributed by atoms with Gasteiger partial charge in [0.15, 0.2) is 11.5 Å². The summed E-state index contributed by atoms with van der Waals surface area (Å²) < 4.78 is 0. The fourth-order valence-electron chi connectivity index (χ4n) is 1.25. The van der Waals surface area contributed by atoms with Crippen LogP contribution in [0.2, 0.25) is 5.28 Å². The summed E-state index contributed by atoms with van der Waals surface area (Å²) in [4.78, 5) is 19.4. The lowest BCUT2D eigenvalue weighted by Gasteiger charge is -2.08. The molecular weight excluding hydrogens is 238 g/mol. The Morgan fingerprint density at radius 2 is 2.12 bits per heavy atom. The number of imidazole rings is 1. The number of nitrogens with zero attached hydrogens (tertiary/aromatic N) is 4. The minimum atomic E-state index is 0.161. The van der Waals surface area contributed by atoms with Gasteiger partial charge in [-0.05, 0) is 23.4 Å². The maximum Gasteiger partial charge on any atom is 0.226 e. The fraction of sp³-hybridized carbons (Fsp3) is 0.455. The van der Waals surface area contributed by atoms with Crippen molar-refractivity contribution >= 4 is 34.8 Å². The highest BCUT2D eigenvalue weighted by Gasteiger charge is 2.08. The second-order valence-corrected chi connectivity index (χ2v) is 4.64. The zero-order valence-corrected chi connectivity index (χ0v) is 10.7. The van der Waals surface area contributed by atoms with E-state index >= 15 is 0 Å². The van der Waals surface area contributed by atoms with Crippen molar-refractivity contribution in [3.63, 3.8) is 0 Å². The van der Waals surface area contributed by atoms with E-state index in [1.807, 2.05) is 6.21 Å². The molecule has 0 aliphatic carbocycles. The average molecular weight is 252 g/mol. The highest BCUT2D eigenvalue weighted by Crippen LogP contribution is 2.21. The van der Waals surface area contributed by atoms with Crippen LogP contribution >= 0.6 is 11.6 Å². The summed E-state index contributed by atoms with van der Waals surface area (Å²) in [6.45, 7) is 6.41. The average Bonchev–Trinajstić information content (AvgIpc) is 2.72. The van der Waals surface area contributed by atoms with E-state index in [1.165, 1.54) is 0 Å². The molecule has 1 atom stereocenters. The third kappa shape index (κ3) is 2.61. The molecule has 0 saturated heterocycles. The number of aliphatic imine (C=N–C) groups is 1. The van der Waals surface area contributed by atoms with E-state index in [4.69, 9.17) is 11.6 Å². The van der Waals surface area contributed by atoms with Crippen LogP contribution in [0.3, 0.4) is 0 Å². The topological polar surface area (TPSA) is 66.8 Å². The van der Waals surface area contributed by atoms with E-state index in [1.54, 1.807) is 6.33 Å². The lowest BCUT2D eigenvalue weighted by Crippen LogP contribution is -2.04. The molecule has 0 spiro atoms. The lowest BCUT2D eigenvalue weighted by molar-refractivity contribution is 0.540. The Hall–Kier alpha value is -1.49. The van der Waals surface area contributed by atoms with Crippen LogP contribution < -0.4 is 0 Å². The van der Waals surface area contributed by atoms with Gasteiger partial charge in [0.25, 0.3) is 0 Å². The monoisotopic (exact) mass is 251 g/mol. The number of aromatic nitrogens is 4. The number of aromatic amines is 1. The zero-order valence-electron chi connectivity index (χ0n) is 9.98. The van der Waals surface area contributed by atoms with Gasteiger partial charge in [-0.25, -0.2) is 9.98 Å². The van der Waals surface area contributed by atoms with Gasteiger partial charge >= 0.3 is 0 Å². The first-order chi connectivity index (χ1) is 8.08. The maximum atomic E-state index is 5.81. The molecule has 0 aliphatic rings. The molecule has 0 bridgehead atoms. The summed E-state index contributed by atoms with van der Waals surface area (Å²) in [6.07, 6.45) is 3.43. The third-order valence-electron chi connectivity index (χ3n) is 2.72. The van der Waals surface area contributed by atoms with Crippen LogP contribution in [0.25, 0.3) is 11.2 Å². The maximum absolute atomic E-state index is 5.81. The molecule has 2 heterocycles. The molecule has 6 heteroatoms. The van der Waals surface area contributed by atoms with Crippen LogP contribution in [0, 0.1) is 11.8 Å². The molecule has 0 fully saturated rings. The van der Waals surface area contributed by atoms with Crippen LogP contribution in [0.1, 0.15) is 20.8 Å². The quantitative estimate of drug-likeness (QED) is 0.674. The van der Waals surface area contributed by atoms with Crippen molar-refractivity contribution in [2.45, 2.75) is 20.8 Å². The second kappa shape index (κ2) is 4.79. The molecule has 0 amide bonds. The first-order valence-electron chi connectivity index (χ1n) is 5.48. The van der Waals surface area contributed by atoms with Gasteiger partial charge < -0.3 is 4.98 Å². The Morgan fingerprint density at radius 1 is 1.35 bits per heavy atom.